The quantitative estimate of drug-likeness (QED) is 0.412. The first kappa shape index (κ1) is 18.7. The second-order valence-electron chi connectivity index (χ2n) is 4.79. The molecule has 0 spiro atoms. The van der Waals surface area contributed by atoms with Gasteiger partial charge in [0, 0.05) is 6.07 Å². The third kappa shape index (κ3) is 4.06. The molecule has 10 heteroatoms. The minimum atomic E-state index is -4.40. The highest BCUT2D eigenvalue weighted by Crippen LogP contribution is 2.30. The summed E-state index contributed by atoms with van der Waals surface area (Å²) in [5.41, 5.74) is -0.476. The molecule has 8 nitrogen and oxygen atoms in total. The molecule has 0 aliphatic rings. The fourth-order valence-electron chi connectivity index (χ4n) is 2.12. The molecule has 2 aromatic rings. The number of hydrogen-bond donors (Lipinski definition) is 0. The average Bonchev–Trinajstić information content (AvgIpc) is 2.59. The first-order valence-corrected chi connectivity index (χ1v) is 8.67. The van der Waals surface area contributed by atoms with E-state index in [2.05, 4.69) is 0 Å². The summed E-state index contributed by atoms with van der Waals surface area (Å²) in [6.45, 7) is -0.678. The molecule has 0 aliphatic heterocycles. The van der Waals surface area contributed by atoms with E-state index in [9.17, 15) is 23.3 Å². The van der Waals surface area contributed by atoms with Crippen molar-refractivity contribution in [1.29, 1.82) is 0 Å². The highest BCUT2D eigenvalue weighted by Gasteiger charge is 2.32. The van der Waals surface area contributed by atoms with E-state index >= 15 is 0 Å². The van der Waals surface area contributed by atoms with E-state index in [4.69, 9.17) is 16.3 Å². The molecular weight excluding hydrogens is 372 g/mol. The van der Waals surface area contributed by atoms with Gasteiger partial charge in [-0.1, -0.05) is 12.1 Å². The van der Waals surface area contributed by atoms with Crippen LogP contribution in [-0.2, 0) is 14.8 Å². The lowest BCUT2D eigenvalue weighted by Gasteiger charge is -2.23. The van der Waals surface area contributed by atoms with E-state index in [0.29, 0.717) is 10.1 Å². The van der Waals surface area contributed by atoms with Crippen molar-refractivity contribution >= 4 is 38.2 Å². The Labute approximate surface area is 148 Å². The maximum atomic E-state index is 12.9. The summed E-state index contributed by atoms with van der Waals surface area (Å²) in [6, 6.07) is 10.7. The van der Waals surface area contributed by atoms with Crippen LogP contribution in [0.15, 0.2) is 53.4 Å². The standard InChI is InChI=1S/C15H13ClN2O6S/c1-24-12-8-6-11(7-9-12)17(10-15(16)19)25(22,23)14-5-3-2-4-13(14)18(20)21/h2-9H,10H2,1H3. The van der Waals surface area contributed by atoms with Crippen molar-refractivity contribution < 1.29 is 22.9 Å². The Balaban J connectivity index is 2.60. The number of rotatable bonds is 7. The largest absolute Gasteiger partial charge is 0.497 e. The number of carbonyl (C=O) groups excluding carboxylic acids is 1. The Kier molecular flexibility index (Phi) is 5.60. The van der Waals surface area contributed by atoms with Gasteiger partial charge < -0.3 is 4.74 Å². The fourth-order valence-corrected chi connectivity index (χ4v) is 3.89. The number of benzene rings is 2. The molecule has 132 valence electrons. The topological polar surface area (TPSA) is 107 Å². The third-order valence-electron chi connectivity index (χ3n) is 3.26. The van der Waals surface area contributed by atoms with Crippen LogP contribution in [0.25, 0.3) is 0 Å². The number of nitro groups is 1. The molecule has 0 unspecified atom stereocenters. The summed E-state index contributed by atoms with van der Waals surface area (Å²) in [5, 5.41) is 10.2. The van der Waals surface area contributed by atoms with E-state index in [-0.39, 0.29) is 5.69 Å². The summed E-state index contributed by atoms with van der Waals surface area (Å²) >= 11 is 5.37. The van der Waals surface area contributed by atoms with Crippen LogP contribution in [0, 0.1) is 10.1 Å². The predicted molar refractivity (Wildman–Crippen MR) is 91.5 cm³/mol. The molecule has 0 N–H and O–H groups in total. The second kappa shape index (κ2) is 7.49. The van der Waals surface area contributed by atoms with Crippen molar-refractivity contribution in [2.24, 2.45) is 0 Å². The monoisotopic (exact) mass is 384 g/mol. The summed E-state index contributed by atoms with van der Waals surface area (Å²) < 4.78 is 31.6. The molecule has 0 radical (unpaired) electrons. The number of nitrogens with zero attached hydrogens (tertiary/aromatic N) is 2. The van der Waals surface area contributed by atoms with Crippen molar-refractivity contribution in [1.82, 2.24) is 0 Å². The molecule has 0 aliphatic carbocycles. The van der Waals surface area contributed by atoms with Crippen molar-refractivity contribution in [3.05, 3.63) is 58.6 Å². The zero-order valence-corrected chi connectivity index (χ0v) is 14.5. The normalized spacial score (nSPS) is 11.0. The molecule has 0 bridgehead atoms. The molecule has 0 saturated heterocycles. The molecule has 0 amide bonds. The van der Waals surface area contributed by atoms with E-state index in [1.54, 1.807) is 0 Å². The Morgan fingerprint density at radius 2 is 1.80 bits per heavy atom. The first-order chi connectivity index (χ1) is 11.8. The maximum Gasteiger partial charge on any atom is 0.289 e. The molecule has 0 heterocycles. The van der Waals surface area contributed by atoms with Gasteiger partial charge in [0.1, 0.15) is 12.3 Å². The van der Waals surface area contributed by atoms with Crippen molar-refractivity contribution in [3.63, 3.8) is 0 Å². The number of anilines is 1. The van der Waals surface area contributed by atoms with Crippen molar-refractivity contribution in [3.8, 4) is 5.75 Å². The number of hydrogen-bond acceptors (Lipinski definition) is 6. The lowest BCUT2D eigenvalue weighted by Crippen LogP contribution is -2.34. The van der Waals surface area contributed by atoms with Crippen LogP contribution in [0.1, 0.15) is 0 Å². The highest BCUT2D eigenvalue weighted by molar-refractivity contribution is 7.93. The van der Waals surface area contributed by atoms with Gasteiger partial charge in [-0.2, -0.15) is 0 Å². The number of halogens is 1. The van der Waals surface area contributed by atoms with Gasteiger partial charge in [-0.25, -0.2) is 8.42 Å². The van der Waals surface area contributed by atoms with Crippen molar-refractivity contribution in [2.75, 3.05) is 18.0 Å². The van der Waals surface area contributed by atoms with Crippen LogP contribution in [-0.4, -0.2) is 32.2 Å². The Morgan fingerprint density at radius 1 is 1.20 bits per heavy atom. The van der Waals surface area contributed by atoms with Gasteiger partial charge >= 0.3 is 0 Å². The summed E-state index contributed by atoms with van der Waals surface area (Å²) in [4.78, 5) is 21.2. The van der Waals surface area contributed by atoms with Gasteiger partial charge in [0.25, 0.3) is 15.7 Å². The fraction of sp³-hybridized carbons (Fsp3) is 0.133. The maximum absolute atomic E-state index is 12.9. The molecule has 0 fully saturated rings. The van der Waals surface area contributed by atoms with Crippen LogP contribution in [0.2, 0.25) is 0 Å². The number of methoxy groups -OCH3 is 1. The third-order valence-corrected chi connectivity index (χ3v) is 5.20. The number of para-hydroxylation sites is 1. The van der Waals surface area contributed by atoms with Gasteiger partial charge in [-0.05, 0) is 41.9 Å². The van der Waals surface area contributed by atoms with Crippen LogP contribution < -0.4 is 9.04 Å². The van der Waals surface area contributed by atoms with Gasteiger partial charge in [-0.3, -0.25) is 19.2 Å². The molecule has 25 heavy (non-hydrogen) atoms. The number of sulfonamides is 1. The zero-order chi connectivity index (χ0) is 18.6. The van der Waals surface area contributed by atoms with Crippen LogP contribution >= 0.6 is 11.6 Å². The van der Waals surface area contributed by atoms with Crippen molar-refractivity contribution in [2.45, 2.75) is 4.90 Å². The Morgan fingerprint density at radius 3 is 2.32 bits per heavy atom. The minimum absolute atomic E-state index is 0.118. The van der Waals surface area contributed by atoms with Gasteiger partial charge in [-0.15, -0.1) is 0 Å². The second-order valence-corrected chi connectivity index (χ2v) is 7.04. The van der Waals surface area contributed by atoms with Gasteiger partial charge in [0.15, 0.2) is 4.90 Å². The molecule has 0 atom stereocenters. The molecule has 0 saturated carbocycles. The average molecular weight is 385 g/mol. The first-order valence-electron chi connectivity index (χ1n) is 6.86. The molecule has 2 aromatic carbocycles. The zero-order valence-electron chi connectivity index (χ0n) is 13.0. The predicted octanol–water partition coefficient (Wildman–Crippen LogP) is 2.56. The smallest absolute Gasteiger partial charge is 0.289 e. The van der Waals surface area contributed by atoms with E-state index in [0.717, 1.165) is 12.1 Å². The lowest BCUT2D eigenvalue weighted by atomic mass is 10.3. The molecule has 2 rings (SSSR count). The van der Waals surface area contributed by atoms with Gasteiger partial charge in [0.2, 0.25) is 5.24 Å². The minimum Gasteiger partial charge on any atom is -0.497 e. The Bertz CT molecular complexity index is 898. The Hall–Kier alpha value is -2.65. The summed E-state index contributed by atoms with van der Waals surface area (Å²) in [6.07, 6.45) is 0. The van der Waals surface area contributed by atoms with Crippen LogP contribution in [0.4, 0.5) is 11.4 Å². The number of nitro benzene ring substituents is 1. The molecular formula is C15H13ClN2O6S. The molecule has 0 aromatic heterocycles. The number of carbonyl (C=O) groups is 1. The van der Waals surface area contributed by atoms with Crippen LogP contribution in [0.5, 0.6) is 5.75 Å². The van der Waals surface area contributed by atoms with E-state index in [1.165, 1.54) is 43.5 Å². The summed E-state index contributed by atoms with van der Waals surface area (Å²) in [5.74, 6) is 0.476. The van der Waals surface area contributed by atoms with E-state index in [1.807, 2.05) is 0 Å². The van der Waals surface area contributed by atoms with Gasteiger partial charge in [0.05, 0.1) is 17.7 Å². The highest BCUT2D eigenvalue weighted by atomic mass is 35.5. The van der Waals surface area contributed by atoms with E-state index < -0.39 is 37.3 Å². The van der Waals surface area contributed by atoms with Crippen LogP contribution in [0.3, 0.4) is 0 Å². The SMILES string of the molecule is COc1ccc(N(CC(=O)Cl)S(=O)(=O)c2ccccc2[N+](=O)[O-])cc1. The lowest BCUT2D eigenvalue weighted by molar-refractivity contribution is -0.387. The number of ether oxygens (including phenoxy) is 1. The summed E-state index contributed by atoms with van der Waals surface area (Å²) in [7, 11) is -2.96.